The predicted molar refractivity (Wildman–Crippen MR) is 66.7 cm³/mol. The maximum Gasteiger partial charge on any atom is 0.331 e. The number of allylic oxidation sites excluding steroid dienone is 2. The lowest BCUT2D eigenvalue weighted by molar-refractivity contribution is -0.132. The summed E-state index contributed by atoms with van der Waals surface area (Å²) in [5.41, 5.74) is 0.887. The molecular weight excluding hydrogens is 256 g/mol. The summed E-state index contributed by atoms with van der Waals surface area (Å²) in [4.78, 5) is 10.3. The van der Waals surface area contributed by atoms with E-state index < -0.39 is 16.1 Å². The molecule has 0 radical (unpaired) electrons. The third kappa shape index (κ3) is 4.15. The van der Waals surface area contributed by atoms with Crippen molar-refractivity contribution in [1.29, 1.82) is 0 Å². The highest BCUT2D eigenvalue weighted by Gasteiger charge is 2.07. The zero-order valence-corrected chi connectivity index (χ0v) is 10.4. The number of rotatable bonds is 4. The molecule has 0 bridgehead atoms. The molecule has 1 rings (SSSR count). The Kier molecular flexibility index (Phi) is 4.41. The van der Waals surface area contributed by atoms with E-state index in [0.717, 1.165) is 0 Å². The highest BCUT2D eigenvalue weighted by molar-refractivity contribution is 7.85. The molecule has 0 amide bonds. The van der Waals surface area contributed by atoms with Crippen LogP contribution in [0.4, 0.5) is 0 Å². The molecule has 5 nitrogen and oxygen atoms in total. The Morgan fingerprint density at radius 1 is 1.22 bits per heavy atom. The van der Waals surface area contributed by atoms with E-state index in [9.17, 15) is 13.2 Å². The summed E-state index contributed by atoms with van der Waals surface area (Å²) in [5.74, 6) is -0.999. The Labute approximate surface area is 105 Å². The van der Waals surface area contributed by atoms with Gasteiger partial charge in [-0.15, -0.1) is 0 Å². The minimum Gasteiger partial charge on any atom is -0.478 e. The number of carboxylic acid groups (broad SMARTS) is 1. The quantitative estimate of drug-likeness (QED) is 0.495. The second kappa shape index (κ2) is 5.61. The third-order valence-corrected chi connectivity index (χ3v) is 3.02. The summed E-state index contributed by atoms with van der Waals surface area (Å²) in [6.45, 7) is 1.47. The standard InChI is InChI=1S/C12H12O5S/c1-9(12(13)14)3-2-4-10-5-7-11(8-6-10)18(15,16)17/h2-8H,1H3,(H,13,14)(H,15,16,17). The second-order valence-corrected chi connectivity index (χ2v) is 4.98. The normalized spacial score (nSPS) is 12.9. The van der Waals surface area contributed by atoms with Crippen LogP contribution in [0.3, 0.4) is 0 Å². The lowest BCUT2D eigenvalue weighted by Gasteiger charge is -1.97. The fourth-order valence-electron chi connectivity index (χ4n) is 1.13. The van der Waals surface area contributed by atoms with E-state index >= 15 is 0 Å². The average molecular weight is 268 g/mol. The van der Waals surface area contributed by atoms with Crippen molar-refractivity contribution in [3.05, 3.63) is 47.6 Å². The van der Waals surface area contributed by atoms with Gasteiger partial charge in [-0.1, -0.05) is 30.4 Å². The van der Waals surface area contributed by atoms with E-state index in [2.05, 4.69) is 0 Å². The molecule has 0 aliphatic rings. The van der Waals surface area contributed by atoms with Gasteiger partial charge in [0.25, 0.3) is 10.1 Å². The highest BCUT2D eigenvalue weighted by atomic mass is 32.2. The molecule has 0 heterocycles. The van der Waals surface area contributed by atoms with Gasteiger partial charge in [-0.3, -0.25) is 4.55 Å². The van der Waals surface area contributed by atoms with Crippen LogP contribution in [-0.2, 0) is 14.9 Å². The minimum atomic E-state index is -4.18. The average Bonchev–Trinajstić information content (AvgIpc) is 2.28. The van der Waals surface area contributed by atoms with Gasteiger partial charge in [0.05, 0.1) is 4.90 Å². The molecule has 0 atom stereocenters. The minimum absolute atomic E-state index is 0.183. The third-order valence-electron chi connectivity index (χ3n) is 2.15. The first-order valence-electron chi connectivity index (χ1n) is 4.96. The Morgan fingerprint density at radius 3 is 2.22 bits per heavy atom. The fourth-order valence-corrected chi connectivity index (χ4v) is 1.61. The van der Waals surface area contributed by atoms with Crippen molar-refractivity contribution in [3.63, 3.8) is 0 Å². The maximum atomic E-state index is 10.8. The van der Waals surface area contributed by atoms with Crippen molar-refractivity contribution in [1.82, 2.24) is 0 Å². The number of benzene rings is 1. The van der Waals surface area contributed by atoms with Gasteiger partial charge in [0.1, 0.15) is 0 Å². The summed E-state index contributed by atoms with van der Waals surface area (Å²) < 4.78 is 30.3. The zero-order valence-electron chi connectivity index (χ0n) is 9.57. The van der Waals surface area contributed by atoms with Crippen molar-refractivity contribution in [2.45, 2.75) is 11.8 Å². The molecule has 0 saturated carbocycles. The van der Waals surface area contributed by atoms with Gasteiger partial charge in [-0.25, -0.2) is 4.79 Å². The molecule has 1 aromatic rings. The van der Waals surface area contributed by atoms with Crippen molar-refractivity contribution in [2.75, 3.05) is 0 Å². The van der Waals surface area contributed by atoms with Crippen molar-refractivity contribution < 1.29 is 22.9 Å². The molecule has 0 unspecified atom stereocenters. The summed E-state index contributed by atoms with van der Waals surface area (Å²) in [7, 11) is -4.18. The molecule has 0 aliphatic carbocycles. The van der Waals surface area contributed by atoms with Gasteiger partial charge < -0.3 is 5.11 Å². The van der Waals surface area contributed by atoms with E-state index in [-0.39, 0.29) is 10.5 Å². The monoisotopic (exact) mass is 268 g/mol. The molecule has 0 saturated heterocycles. The maximum absolute atomic E-state index is 10.8. The van der Waals surface area contributed by atoms with E-state index in [4.69, 9.17) is 9.66 Å². The van der Waals surface area contributed by atoms with Crippen LogP contribution < -0.4 is 0 Å². The Bertz CT molecular complexity index is 594. The molecule has 18 heavy (non-hydrogen) atoms. The van der Waals surface area contributed by atoms with Gasteiger partial charge >= 0.3 is 5.97 Å². The smallest absolute Gasteiger partial charge is 0.331 e. The first kappa shape index (κ1) is 14.1. The zero-order chi connectivity index (χ0) is 13.8. The number of aliphatic carboxylic acids is 1. The fraction of sp³-hybridized carbons (Fsp3) is 0.0833. The van der Waals surface area contributed by atoms with Crippen LogP contribution in [0.5, 0.6) is 0 Å². The van der Waals surface area contributed by atoms with Crippen LogP contribution in [0.15, 0.2) is 46.9 Å². The van der Waals surface area contributed by atoms with Crippen molar-refractivity contribution >= 4 is 22.2 Å². The van der Waals surface area contributed by atoms with Crippen LogP contribution in [0.1, 0.15) is 12.5 Å². The van der Waals surface area contributed by atoms with E-state index in [0.29, 0.717) is 5.56 Å². The Balaban J connectivity index is 2.85. The molecule has 0 spiro atoms. The molecule has 0 aromatic heterocycles. The van der Waals surface area contributed by atoms with Crippen LogP contribution in [0, 0.1) is 0 Å². The molecule has 1 aromatic carbocycles. The Morgan fingerprint density at radius 2 is 1.78 bits per heavy atom. The number of carboxylic acids is 1. The summed E-state index contributed by atoms with van der Waals surface area (Å²) in [6, 6.07) is 5.54. The van der Waals surface area contributed by atoms with Crippen LogP contribution >= 0.6 is 0 Å². The van der Waals surface area contributed by atoms with Gasteiger partial charge in [0.2, 0.25) is 0 Å². The molecule has 6 heteroatoms. The number of hydrogen-bond acceptors (Lipinski definition) is 3. The summed E-state index contributed by atoms with van der Waals surface area (Å²) in [5, 5.41) is 8.61. The van der Waals surface area contributed by atoms with Gasteiger partial charge in [0.15, 0.2) is 0 Å². The summed E-state index contributed by atoms with van der Waals surface area (Å²) >= 11 is 0. The van der Waals surface area contributed by atoms with E-state index in [1.54, 1.807) is 12.2 Å². The van der Waals surface area contributed by atoms with Gasteiger partial charge in [-0.05, 0) is 24.6 Å². The first-order chi connectivity index (χ1) is 8.30. The van der Waals surface area contributed by atoms with Crippen LogP contribution in [-0.4, -0.2) is 24.0 Å². The first-order valence-corrected chi connectivity index (χ1v) is 6.40. The lowest BCUT2D eigenvalue weighted by atomic mass is 10.2. The molecule has 96 valence electrons. The van der Waals surface area contributed by atoms with Crippen molar-refractivity contribution in [3.8, 4) is 0 Å². The molecule has 0 aliphatic heterocycles. The highest BCUT2D eigenvalue weighted by Crippen LogP contribution is 2.11. The van der Waals surface area contributed by atoms with Crippen LogP contribution in [0.2, 0.25) is 0 Å². The summed E-state index contributed by atoms with van der Waals surface area (Å²) in [6.07, 6.45) is 4.60. The van der Waals surface area contributed by atoms with E-state index in [1.165, 1.54) is 37.3 Å². The SMILES string of the molecule is CC(=CC=Cc1ccc(S(=O)(=O)O)cc1)C(=O)O. The van der Waals surface area contributed by atoms with E-state index in [1.807, 2.05) is 0 Å². The van der Waals surface area contributed by atoms with Gasteiger partial charge in [-0.2, -0.15) is 8.42 Å². The largest absolute Gasteiger partial charge is 0.478 e. The molecular formula is C12H12O5S. The number of hydrogen-bond donors (Lipinski definition) is 2. The topological polar surface area (TPSA) is 91.7 Å². The Hall–Kier alpha value is -1.92. The van der Waals surface area contributed by atoms with Crippen molar-refractivity contribution in [2.24, 2.45) is 0 Å². The molecule has 0 fully saturated rings. The predicted octanol–water partition coefficient (Wildman–Crippen LogP) is 1.98. The van der Waals surface area contributed by atoms with Gasteiger partial charge in [0, 0.05) is 5.57 Å². The lowest BCUT2D eigenvalue weighted by Crippen LogP contribution is -1.97. The number of carbonyl (C=O) groups is 1. The molecule has 2 N–H and O–H groups in total. The van der Waals surface area contributed by atoms with Crippen LogP contribution in [0.25, 0.3) is 6.08 Å². The second-order valence-electron chi connectivity index (χ2n) is 3.56.